The monoisotopic (exact) mass is 273 g/mol. The van der Waals surface area contributed by atoms with E-state index in [1.54, 1.807) is 0 Å². The molecule has 2 aromatic rings. The molecular formula is C14H19N5O. The minimum atomic E-state index is -0.255. The number of rotatable bonds is 3. The van der Waals surface area contributed by atoms with Crippen molar-refractivity contribution in [2.24, 2.45) is 5.73 Å². The Kier molecular flexibility index (Phi) is 3.40. The first-order valence-corrected chi connectivity index (χ1v) is 6.95. The average Bonchev–Trinajstić information content (AvgIpc) is 2.75. The van der Waals surface area contributed by atoms with Crippen molar-refractivity contribution in [3.8, 4) is 0 Å². The summed E-state index contributed by atoms with van der Waals surface area (Å²) in [5.74, 6) is 0.751. The Morgan fingerprint density at radius 2 is 2.20 bits per heavy atom. The van der Waals surface area contributed by atoms with E-state index >= 15 is 0 Å². The SMILES string of the molecule is Cc1nc2cccnc2n1C1CCN(CC(N)=O)CC1. The Bertz CT molecular complexity index is 628. The van der Waals surface area contributed by atoms with Gasteiger partial charge in [0, 0.05) is 25.3 Å². The topological polar surface area (TPSA) is 77.0 Å². The fraction of sp³-hybridized carbons (Fsp3) is 0.500. The van der Waals surface area contributed by atoms with E-state index in [0.29, 0.717) is 12.6 Å². The van der Waals surface area contributed by atoms with Crippen LogP contribution in [0.1, 0.15) is 24.7 Å². The van der Waals surface area contributed by atoms with Crippen LogP contribution in [0, 0.1) is 6.92 Å². The van der Waals surface area contributed by atoms with E-state index < -0.39 is 0 Å². The summed E-state index contributed by atoms with van der Waals surface area (Å²) in [7, 11) is 0. The minimum absolute atomic E-state index is 0.255. The first-order chi connectivity index (χ1) is 9.65. The van der Waals surface area contributed by atoms with Crippen LogP contribution in [0.2, 0.25) is 0 Å². The first-order valence-electron chi connectivity index (χ1n) is 6.95. The highest BCUT2D eigenvalue weighted by atomic mass is 16.1. The second-order valence-corrected chi connectivity index (χ2v) is 5.35. The maximum Gasteiger partial charge on any atom is 0.231 e. The fourth-order valence-electron chi connectivity index (χ4n) is 3.04. The van der Waals surface area contributed by atoms with Crippen LogP contribution >= 0.6 is 0 Å². The lowest BCUT2D eigenvalue weighted by atomic mass is 10.0. The molecule has 0 atom stereocenters. The van der Waals surface area contributed by atoms with Crippen LogP contribution in [0.4, 0.5) is 0 Å². The van der Waals surface area contributed by atoms with Gasteiger partial charge in [0.25, 0.3) is 0 Å². The van der Waals surface area contributed by atoms with Crippen LogP contribution in [-0.4, -0.2) is 45.0 Å². The third-order valence-corrected chi connectivity index (χ3v) is 3.93. The molecule has 2 N–H and O–H groups in total. The number of piperidine rings is 1. The third kappa shape index (κ3) is 2.38. The Morgan fingerprint density at radius 3 is 2.90 bits per heavy atom. The number of nitrogens with zero attached hydrogens (tertiary/aromatic N) is 4. The lowest BCUT2D eigenvalue weighted by Gasteiger charge is -2.32. The summed E-state index contributed by atoms with van der Waals surface area (Å²) in [5, 5.41) is 0. The summed E-state index contributed by atoms with van der Waals surface area (Å²) in [4.78, 5) is 22.1. The quantitative estimate of drug-likeness (QED) is 0.900. The highest BCUT2D eigenvalue weighted by Crippen LogP contribution is 2.27. The number of imidazole rings is 1. The molecule has 6 nitrogen and oxygen atoms in total. The van der Waals surface area contributed by atoms with Gasteiger partial charge >= 0.3 is 0 Å². The standard InChI is InChI=1S/C14H19N5O/c1-10-17-12-3-2-6-16-14(12)19(10)11-4-7-18(8-5-11)9-13(15)20/h2-3,6,11H,4-5,7-9H2,1H3,(H2,15,20). The molecule has 2 aromatic heterocycles. The number of amides is 1. The van der Waals surface area contributed by atoms with Gasteiger partial charge in [-0.1, -0.05) is 0 Å². The zero-order valence-electron chi connectivity index (χ0n) is 11.6. The summed E-state index contributed by atoms with van der Waals surface area (Å²) in [6.07, 6.45) is 3.80. The summed E-state index contributed by atoms with van der Waals surface area (Å²) in [6.45, 7) is 4.16. The first kappa shape index (κ1) is 13.1. The summed E-state index contributed by atoms with van der Waals surface area (Å²) < 4.78 is 2.23. The van der Waals surface area contributed by atoms with E-state index in [9.17, 15) is 4.79 Å². The average molecular weight is 273 g/mol. The van der Waals surface area contributed by atoms with Gasteiger partial charge in [-0.25, -0.2) is 9.97 Å². The van der Waals surface area contributed by atoms with Gasteiger partial charge in [-0.3, -0.25) is 9.69 Å². The molecule has 0 bridgehead atoms. The molecule has 1 fully saturated rings. The van der Waals surface area contributed by atoms with Crippen LogP contribution in [-0.2, 0) is 4.79 Å². The van der Waals surface area contributed by atoms with Gasteiger partial charge in [-0.15, -0.1) is 0 Å². The van der Waals surface area contributed by atoms with Crippen LogP contribution < -0.4 is 5.73 Å². The molecule has 0 radical (unpaired) electrons. The number of primary amides is 1. The summed E-state index contributed by atoms with van der Waals surface area (Å²) in [5.41, 5.74) is 7.15. The van der Waals surface area contributed by atoms with Crippen molar-refractivity contribution in [2.75, 3.05) is 19.6 Å². The smallest absolute Gasteiger partial charge is 0.231 e. The van der Waals surface area contributed by atoms with Crippen molar-refractivity contribution in [3.05, 3.63) is 24.2 Å². The number of nitrogens with two attached hydrogens (primary N) is 1. The number of carbonyl (C=O) groups is 1. The van der Waals surface area contributed by atoms with Crippen LogP contribution in [0.3, 0.4) is 0 Å². The van der Waals surface area contributed by atoms with E-state index in [0.717, 1.165) is 42.9 Å². The lowest BCUT2D eigenvalue weighted by Crippen LogP contribution is -2.40. The molecule has 3 heterocycles. The predicted molar refractivity (Wildman–Crippen MR) is 76.2 cm³/mol. The molecular weight excluding hydrogens is 254 g/mol. The zero-order valence-corrected chi connectivity index (χ0v) is 11.6. The van der Waals surface area contributed by atoms with E-state index in [1.807, 2.05) is 25.3 Å². The van der Waals surface area contributed by atoms with Crippen molar-refractivity contribution in [2.45, 2.75) is 25.8 Å². The molecule has 1 amide bonds. The zero-order chi connectivity index (χ0) is 14.1. The van der Waals surface area contributed by atoms with Gasteiger partial charge in [0.15, 0.2) is 5.65 Å². The maximum absolute atomic E-state index is 11.0. The molecule has 3 rings (SSSR count). The molecule has 0 saturated carbocycles. The van der Waals surface area contributed by atoms with Crippen molar-refractivity contribution in [1.82, 2.24) is 19.4 Å². The second-order valence-electron chi connectivity index (χ2n) is 5.35. The lowest BCUT2D eigenvalue weighted by molar-refractivity contribution is -0.119. The van der Waals surface area contributed by atoms with E-state index in [1.165, 1.54) is 0 Å². The number of aryl methyl sites for hydroxylation is 1. The van der Waals surface area contributed by atoms with E-state index in [4.69, 9.17) is 5.73 Å². The fourth-order valence-corrected chi connectivity index (χ4v) is 3.04. The normalized spacial score (nSPS) is 17.6. The summed E-state index contributed by atoms with van der Waals surface area (Å²) >= 11 is 0. The molecule has 0 spiro atoms. The Balaban J connectivity index is 1.80. The van der Waals surface area contributed by atoms with Gasteiger partial charge in [0.1, 0.15) is 11.3 Å². The number of likely N-dealkylation sites (tertiary alicyclic amines) is 1. The largest absolute Gasteiger partial charge is 0.369 e. The highest BCUT2D eigenvalue weighted by molar-refractivity contribution is 5.76. The Labute approximate surface area is 117 Å². The minimum Gasteiger partial charge on any atom is -0.369 e. The van der Waals surface area contributed by atoms with E-state index in [-0.39, 0.29) is 5.91 Å². The van der Waals surface area contributed by atoms with Crippen molar-refractivity contribution >= 4 is 17.1 Å². The van der Waals surface area contributed by atoms with Crippen molar-refractivity contribution in [3.63, 3.8) is 0 Å². The molecule has 1 aliphatic rings. The summed E-state index contributed by atoms with van der Waals surface area (Å²) in [6, 6.07) is 4.31. The molecule has 6 heteroatoms. The number of fused-ring (bicyclic) bond motifs is 1. The maximum atomic E-state index is 11.0. The number of hydrogen-bond acceptors (Lipinski definition) is 4. The van der Waals surface area contributed by atoms with Gasteiger partial charge < -0.3 is 10.3 Å². The second kappa shape index (κ2) is 5.20. The number of pyridine rings is 1. The molecule has 1 saturated heterocycles. The van der Waals surface area contributed by atoms with Crippen molar-refractivity contribution < 1.29 is 4.79 Å². The number of hydrogen-bond donors (Lipinski definition) is 1. The van der Waals surface area contributed by atoms with Gasteiger partial charge in [-0.2, -0.15) is 0 Å². The number of carbonyl (C=O) groups excluding carboxylic acids is 1. The molecule has 0 aromatic carbocycles. The van der Waals surface area contributed by atoms with Crippen LogP contribution in [0.5, 0.6) is 0 Å². The third-order valence-electron chi connectivity index (χ3n) is 3.93. The highest BCUT2D eigenvalue weighted by Gasteiger charge is 2.24. The molecule has 106 valence electrons. The van der Waals surface area contributed by atoms with E-state index in [2.05, 4.69) is 19.4 Å². The van der Waals surface area contributed by atoms with Crippen molar-refractivity contribution in [1.29, 1.82) is 0 Å². The molecule has 0 unspecified atom stereocenters. The van der Waals surface area contributed by atoms with Crippen LogP contribution in [0.25, 0.3) is 11.2 Å². The van der Waals surface area contributed by atoms with Gasteiger partial charge in [0.05, 0.1) is 6.54 Å². The van der Waals surface area contributed by atoms with Gasteiger partial charge in [0.2, 0.25) is 5.91 Å². The number of aromatic nitrogens is 3. The molecule has 0 aliphatic carbocycles. The Morgan fingerprint density at radius 1 is 1.45 bits per heavy atom. The Hall–Kier alpha value is -1.95. The molecule has 20 heavy (non-hydrogen) atoms. The predicted octanol–water partition coefficient (Wildman–Crippen LogP) is 0.862. The van der Waals surface area contributed by atoms with Crippen LogP contribution in [0.15, 0.2) is 18.3 Å². The van der Waals surface area contributed by atoms with Gasteiger partial charge in [-0.05, 0) is 31.9 Å². The molecule has 1 aliphatic heterocycles.